The normalized spacial score (nSPS) is 10.2. The molecule has 1 aromatic carbocycles. The minimum Gasteiger partial charge on any atom is -0.492 e. The molecule has 0 aromatic heterocycles. The zero-order valence-electron chi connectivity index (χ0n) is 13.2. The third-order valence-electron chi connectivity index (χ3n) is 2.95. The summed E-state index contributed by atoms with van der Waals surface area (Å²) < 4.78 is 11.2. The van der Waals surface area contributed by atoms with Gasteiger partial charge in [0.25, 0.3) is 5.91 Å². The van der Waals surface area contributed by atoms with Gasteiger partial charge < -0.3 is 14.4 Å². The highest BCUT2D eigenvalue weighted by Crippen LogP contribution is 2.26. The molecule has 0 bridgehead atoms. The number of hydrogen-bond donors (Lipinski definition) is 0. The molecule has 1 aromatic rings. The first-order valence-electron chi connectivity index (χ1n) is 7.33. The zero-order valence-corrected chi connectivity index (χ0v) is 14.8. The number of carbonyl (C=O) groups is 2. The van der Waals surface area contributed by atoms with E-state index in [0.717, 1.165) is 17.3 Å². The van der Waals surface area contributed by atoms with Crippen molar-refractivity contribution in [1.82, 2.24) is 4.90 Å². The SMILES string of the molecule is CCCCOc1ccc(C(=O)N(C)CC(=O)OCC)cc1Br. The fourth-order valence-electron chi connectivity index (χ4n) is 1.77. The molecule has 0 N–H and O–H groups in total. The smallest absolute Gasteiger partial charge is 0.325 e. The van der Waals surface area contributed by atoms with Gasteiger partial charge >= 0.3 is 5.97 Å². The highest BCUT2D eigenvalue weighted by Gasteiger charge is 2.16. The van der Waals surface area contributed by atoms with E-state index in [4.69, 9.17) is 9.47 Å². The third-order valence-corrected chi connectivity index (χ3v) is 3.57. The highest BCUT2D eigenvalue weighted by molar-refractivity contribution is 9.10. The Kier molecular flexibility index (Phi) is 7.95. The van der Waals surface area contributed by atoms with Gasteiger partial charge in [-0.15, -0.1) is 0 Å². The number of hydrogen-bond acceptors (Lipinski definition) is 4. The van der Waals surface area contributed by atoms with Crippen LogP contribution in [0, 0.1) is 0 Å². The van der Waals surface area contributed by atoms with Crippen LogP contribution in [-0.4, -0.2) is 43.6 Å². The minimum absolute atomic E-state index is 0.0704. The second-order valence-electron chi connectivity index (χ2n) is 4.81. The minimum atomic E-state index is -0.420. The Morgan fingerprint density at radius 3 is 2.59 bits per heavy atom. The maximum absolute atomic E-state index is 12.3. The summed E-state index contributed by atoms with van der Waals surface area (Å²) in [5.41, 5.74) is 0.488. The second kappa shape index (κ2) is 9.46. The maximum Gasteiger partial charge on any atom is 0.325 e. The molecule has 0 atom stereocenters. The standard InChI is InChI=1S/C16H22BrNO4/c1-4-6-9-22-14-8-7-12(10-13(14)17)16(20)18(3)11-15(19)21-5-2/h7-8,10H,4-6,9,11H2,1-3H3. The third kappa shape index (κ3) is 5.67. The van der Waals surface area contributed by atoms with E-state index in [9.17, 15) is 9.59 Å². The summed E-state index contributed by atoms with van der Waals surface area (Å²) in [6, 6.07) is 5.15. The van der Waals surface area contributed by atoms with E-state index in [2.05, 4.69) is 22.9 Å². The Balaban J connectivity index is 2.69. The molecular weight excluding hydrogens is 350 g/mol. The summed E-state index contributed by atoms with van der Waals surface area (Å²) in [6.07, 6.45) is 2.04. The van der Waals surface area contributed by atoms with Gasteiger partial charge in [-0.2, -0.15) is 0 Å². The molecule has 0 aliphatic rings. The van der Waals surface area contributed by atoms with E-state index in [-0.39, 0.29) is 12.5 Å². The van der Waals surface area contributed by atoms with Crippen molar-refractivity contribution in [1.29, 1.82) is 0 Å². The van der Waals surface area contributed by atoms with Crippen molar-refractivity contribution in [2.75, 3.05) is 26.8 Å². The number of unbranched alkanes of at least 4 members (excludes halogenated alkanes) is 1. The van der Waals surface area contributed by atoms with Crippen LogP contribution in [0.3, 0.4) is 0 Å². The molecule has 5 nitrogen and oxygen atoms in total. The van der Waals surface area contributed by atoms with Crippen LogP contribution in [0.2, 0.25) is 0 Å². The van der Waals surface area contributed by atoms with Gasteiger partial charge in [-0.25, -0.2) is 0 Å². The van der Waals surface area contributed by atoms with Gasteiger partial charge in [-0.05, 0) is 47.5 Å². The molecule has 6 heteroatoms. The lowest BCUT2D eigenvalue weighted by molar-refractivity contribution is -0.143. The predicted molar refractivity (Wildman–Crippen MR) is 88.1 cm³/mol. The van der Waals surface area contributed by atoms with E-state index >= 15 is 0 Å². The number of ether oxygens (including phenoxy) is 2. The number of benzene rings is 1. The lowest BCUT2D eigenvalue weighted by Gasteiger charge is -2.17. The van der Waals surface area contributed by atoms with Crippen molar-refractivity contribution >= 4 is 27.8 Å². The van der Waals surface area contributed by atoms with E-state index in [1.165, 1.54) is 4.90 Å². The average Bonchev–Trinajstić information content (AvgIpc) is 2.48. The van der Waals surface area contributed by atoms with Crippen LogP contribution in [0.1, 0.15) is 37.0 Å². The van der Waals surface area contributed by atoms with Gasteiger partial charge in [0.2, 0.25) is 0 Å². The van der Waals surface area contributed by atoms with Crippen molar-refractivity contribution in [3.8, 4) is 5.75 Å². The molecule has 0 saturated carbocycles. The number of carbonyl (C=O) groups excluding carboxylic acids is 2. The number of likely N-dealkylation sites (N-methyl/N-ethyl adjacent to an activating group) is 1. The van der Waals surface area contributed by atoms with Gasteiger partial charge in [0.15, 0.2) is 0 Å². The number of amides is 1. The van der Waals surface area contributed by atoms with Gasteiger partial charge in [0.05, 0.1) is 17.7 Å². The van der Waals surface area contributed by atoms with Crippen LogP contribution < -0.4 is 4.74 Å². The summed E-state index contributed by atoms with van der Waals surface area (Å²) in [7, 11) is 1.57. The van der Waals surface area contributed by atoms with Crippen molar-refractivity contribution in [3.05, 3.63) is 28.2 Å². The van der Waals surface area contributed by atoms with E-state index in [1.54, 1.807) is 32.2 Å². The largest absolute Gasteiger partial charge is 0.492 e. The van der Waals surface area contributed by atoms with E-state index in [1.807, 2.05) is 0 Å². The van der Waals surface area contributed by atoms with Gasteiger partial charge in [0.1, 0.15) is 12.3 Å². The quantitative estimate of drug-likeness (QED) is 0.519. The molecule has 1 amide bonds. The predicted octanol–water partition coefficient (Wildman–Crippen LogP) is 3.26. The number of halogens is 1. The molecule has 0 fully saturated rings. The molecule has 0 saturated heterocycles. The number of nitrogens with zero attached hydrogens (tertiary/aromatic N) is 1. The van der Waals surface area contributed by atoms with E-state index < -0.39 is 5.97 Å². The van der Waals surface area contributed by atoms with Crippen LogP contribution >= 0.6 is 15.9 Å². The Bertz CT molecular complexity index is 519. The molecule has 22 heavy (non-hydrogen) atoms. The summed E-state index contributed by atoms with van der Waals surface area (Å²) in [5, 5.41) is 0. The van der Waals surface area contributed by atoms with Crippen LogP contribution in [0.15, 0.2) is 22.7 Å². The fraction of sp³-hybridized carbons (Fsp3) is 0.500. The van der Waals surface area contributed by atoms with Crippen LogP contribution in [0.25, 0.3) is 0 Å². The molecule has 0 radical (unpaired) electrons. The average molecular weight is 372 g/mol. The Labute approximate surface area is 139 Å². The Morgan fingerprint density at radius 1 is 1.27 bits per heavy atom. The summed E-state index contributed by atoms with van der Waals surface area (Å²) in [6.45, 7) is 4.70. The first-order valence-corrected chi connectivity index (χ1v) is 8.12. The van der Waals surface area contributed by atoms with Gasteiger partial charge in [-0.1, -0.05) is 13.3 Å². The highest BCUT2D eigenvalue weighted by atomic mass is 79.9. The first kappa shape index (κ1) is 18.5. The summed E-state index contributed by atoms with van der Waals surface area (Å²) >= 11 is 3.41. The molecule has 1 rings (SSSR count). The Morgan fingerprint density at radius 2 is 2.00 bits per heavy atom. The molecule has 0 unspecified atom stereocenters. The zero-order chi connectivity index (χ0) is 16.5. The van der Waals surface area contributed by atoms with Gasteiger partial charge in [-0.3, -0.25) is 9.59 Å². The fourth-order valence-corrected chi connectivity index (χ4v) is 2.26. The maximum atomic E-state index is 12.3. The van der Waals surface area contributed by atoms with E-state index in [0.29, 0.717) is 24.5 Å². The van der Waals surface area contributed by atoms with Gasteiger partial charge in [0, 0.05) is 12.6 Å². The monoisotopic (exact) mass is 371 g/mol. The molecule has 0 aliphatic carbocycles. The van der Waals surface area contributed by atoms with Crippen molar-refractivity contribution in [2.24, 2.45) is 0 Å². The van der Waals surface area contributed by atoms with Crippen molar-refractivity contribution < 1.29 is 19.1 Å². The van der Waals surface area contributed by atoms with Crippen LogP contribution in [0.5, 0.6) is 5.75 Å². The molecule has 0 heterocycles. The first-order chi connectivity index (χ1) is 10.5. The summed E-state index contributed by atoms with van der Waals surface area (Å²) in [4.78, 5) is 25.0. The molecule has 0 aliphatic heterocycles. The lowest BCUT2D eigenvalue weighted by Crippen LogP contribution is -2.33. The number of esters is 1. The van der Waals surface area contributed by atoms with Crippen LogP contribution in [-0.2, 0) is 9.53 Å². The second-order valence-corrected chi connectivity index (χ2v) is 5.67. The topological polar surface area (TPSA) is 55.8 Å². The molecular formula is C16H22BrNO4. The number of rotatable bonds is 8. The van der Waals surface area contributed by atoms with Crippen molar-refractivity contribution in [2.45, 2.75) is 26.7 Å². The Hall–Kier alpha value is -1.56. The summed E-state index contributed by atoms with van der Waals surface area (Å²) in [5.74, 6) is 0.0452. The van der Waals surface area contributed by atoms with Crippen molar-refractivity contribution in [3.63, 3.8) is 0 Å². The lowest BCUT2D eigenvalue weighted by atomic mass is 10.2. The molecule has 0 spiro atoms. The molecule has 122 valence electrons. The van der Waals surface area contributed by atoms with Crippen LogP contribution in [0.4, 0.5) is 0 Å².